The number of nitrogens with zero attached hydrogens (tertiary/aromatic N) is 2. The minimum absolute atomic E-state index is 0.397. The Morgan fingerprint density at radius 3 is 2.14 bits per heavy atom. The smallest absolute Gasteiger partial charge is 0.0495 e. The van der Waals surface area contributed by atoms with Gasteiger partial charge in [0.2, 0.25) is 0 Å². The zero-order valence-electron chi connectivity index (χ0n) is 12.3. The van der Waals surface area contributed by atoms with Crippen LogP contribution in [0.5, 0.6) is 0 Å². The predicted octanol–water partition coefficient (Wildman–Crippen LogP) is 4.94. The monoisotopic (exact) mass is 299 g/mol. The van der Waals surface area contributed by atoms with Crippen LogP contribution in [-0.4, -0.2) is 13.6 Å². The third kappa shape index (κ3) is 3.39. The molecule has 1 unspecified atom stereocenters. The second-order valence-electron chi connectivity index (χ2n) is 5.54. The lowest BCUT2D eigenvalue weighted by Crippen LogP contribution is -2.20. The van der Waals surface area contributed by atoms with Crippen LogP contribution in [0.2, 0.25) is 5.02 Å². The lowest BCUT2D eigenvalue weighted by Gasteiger charge is -2.24. The lowest BCUT2D eigenvalue weighted by atomic mass is 9.97. The van der Waals surface area contributed by atoms with Gasteiger partial charge in [-0.3, -0.25) is 0 Å². The van der Waals surface area contributed by atoms with Crippen molar-refractivity contribution >= 4 is 23.0 Å². The van der Waals surface area contributed by atoms with E-state index in [0.29, 0.717) is 6.04 Å². The van der Waals surface area contributed by atoms with Gasteiger partial charge in [-0.15, -0.1) is 0 Å². The highest BCUT2D eigenvalue weighted by molar-refractivity contribution is 6.30. The summed E-state index contributed by atoms with van der Waals surface area (Å²) in [6.45, 7) is 1.01. The van der Waals surface area contributed by atoms with Crippen LogP contribution in [0.25, 0.3) is 0 Å². The maximum atomic E-state index is 5.94. The van der Waals surface area contributed by atoms with E-state index in [-0.39, 0.29) is 0 Å². The van der Waals surface area contributed by atoms with Crippen molar-refractivity contribution in [2.45, 2.75) is 25.3 Å². The highest BCUT2D eigenvalue weighted by Gasteiger charge is 2.16. The first kappa shape index (κ1) is 14.4. The second kappa shape index (κ2) is 6.50. The predicted molar refractivity (Wildman–Crippen MR) is 89.6 cm³/mol. The Bertz CT molecular complexity index is 571. The van der Waals surface area contributed by atoms with Crippen LogP contribution in [0.3, 0.4) is 0 Å². The lowest BCUT2D eigenvalue weighted by molar-refractivity contribution is 0.403. The third-order valence-corrected chi connectivity index (χ3v) is 4.37. The summed E-state index contributed by atoms with van der Waals surface area (Å²) in [4.78, 5) is 2.16. The summed E-state index contributed by atoms with van der Waals surface area (Å²) in [6, 6.07) is 17.1. The average Bonchev–Trinajstić information content (AvgIpc) is 2.56. The molecule has 0 saturated carbocycles. The third-order valence-electron chi connectivity index (χ3n) is 4.11. The average molecular weight is 300 g/mol. The van der Waals surface area contributed by atoms with Crippen molar-refractivity contribution in [3.8, 4) is 0 Å². The van der Waals surface area contributed by atoms with Crippen LogP contribution in [0.1, 0.15) is 30.9 Å². The van der Waals surface area contributed by atoms with E-state index in [1.54, 1.807) is 0 Å². The van der Waals surface area contributed by atoms with E-state index in [0.717, 1.165) is 17.3 Å². The minimum atomic E-state index is 0.397. The van der Waals surface area contributed by atoms with Crippen LogP contribution < -0.4 is 10.2 Å². The van der Waals surface area contributed by atoms with Crippen molar-refractivity contribution in [2.24, 2.45) is 0 Å². The fourth-order valence-electron chi connectivity index (χ4n) is 2.79. The number of piperidine rings is 1. The molecule has 3 heteroatoms. The van der Waals surface area contributed by atoms with Crippen molar-refractivity contribution in [1.82, 2.24) is 5.32 Å². The quantitative estimate of drug-likeness (QED) is 0.785. The van der Waals surface area contributed by atoms with Crippen LogP contribution in [0.4, 0.5) is 11.4 Å². The van der Waals surface area contributed by atoms with Crippen LogP contribution in [0, 0.1) is 0 Å². The molecule has 0 aromatic heterocycles. The fraction of sp³-hybridized carbons (Fsp3) is 0.333. The Balaban J connectivity index is 1.75. The second-order valence-corrected chi connectivity index (χ2v) is 5.98. The van der Waals surface area contributed by atoms with E-state index in [4.69, 9.17) is 16.9 Å². The first-order valence-corrected chi connectivity index (χ1v) is 7.88. The fourth-order valence-corrected chi connectivity index (χ4v) is 2.92. The first-order valence-electron chi connectivity index (χ1n) is 7.50. The SMILES string of the molecule is CN(c1ccc(Cl)cc1)c1ccc(C2CCCC[N]2)cc1. The number of hydrogen-bond donors (Lipinski definition) is 0. The molecule has 0 spiro atoms. The van der Waals surface area contributed by atoms with Gasteiger partial charge in [-0.25, -0.2) is 5.32 Å². The van der Waals surface area contributed by atoms with Crippen molar-refractivity contribution in [2.75, 3.05) is 18.5 Å². The summed E-state index contributed by atoms with van der Waals surface area (Å²) in [5.41, 5.74) is 3.65. The number of halogens is 1. The van der Waals surface area contributed by atoms with Crippen molar-refractivity contribution < 1.29 is 0 Å². The molecule has 1 radical (unpaired) electrons. The highest BCUT2D eigenvalue weighted by atomic mass is 35.5. The molecule has 0 bridgehead atoms. The van der Waals surface area contributed by atoms with E-state index in [9.17, 15) is 0 Å². The van der Waals surface area contributed by atoms with Gasteiger partial charge in [-0.1, -0.05) is 30.2 Å². The zero-order chi connectivity index (χ0) is 14.7. The molecular weight excluding hydrogens is 280 g/mol. The molecule has 0 N–H and O–H groups in total. The number of benzene rings is 2. The molecule has 109 valence electrons. The largest absolute Gasteiger partial charge is 0.345 e. The van der Waals surface area contributed by atoms with Gasteiger partial charge in [-0.05, 0) is 54.8 Å². The van der Waals surface area contributed by atoms with Crippen molar-refractivity contribution in [3.63, 3.8) is 0 Å². The Labute approximate surface area is 131 Å². The molecule has 1 aliphatic rings. The molecule has 1 atom stereocenters. The molecule has 2 aromatic carbocycles. The molecular formula is C18H20ClN2. The summed E-state index contributed by atoms with van der Waals surface area (Å²) in [6.07, 6.45) is 3.72. The van der Waals surface area contributed by atoms with E-state index < -0.39 is 0 Å². The van der Waals surface area contributed by atoms with Gasteiger partial charge in [-0.2, -0.15) is 0 Å². The molecule has 2 aromatic rings. The minimum Gasteiger partial charge on any atom is -0.345 e. The van der Waals surface area contributed by atoms with Crippen LogP contribution >= 0.6 is 11.6 Å². The Morgan fingerprint density at radius 2 is 1.57 bits per heavy atom. The van der Waals surface area contributed by atoms with Crippen LogP contribution in [-0.2, 0) is 0 Å². The van der Waals surface area contributed by atoms with Gasteiger partial charge in [0.25, 0.3) is 0 Å². The van der Waals surface area contributed by atoms with Gasteiger partial charge < -0.3 is 4.90 Å². The number of hydrogen-bond acceptors (Lipinski definition) is 1. The topological polar surface area (TPSA) is 17.3 Å². The van der Waals surface area contributed by atoms with Crippen LogP contribution in [0.15, 0.2) is 48.5 Å². The Hall–Kier alpha value is -1.51. The standard InChI is InChI=1S/C18H20ClN2/c1-21(17-11-7-15(19)8-12-17)16-9-5-14(6-10-16)18-4-2-3-13-20-18/h5-12,18H,2-4,13H2,1H3. The zero-order valence-corrected chi connectivity index (χ0v) is 13.1. The molecule has 21 heavy (non-hydrogen) atoms. The van der Waals surface area contributed by atoms with E-state index in [1.165, 1.54) is 30.5 Å². The molecule has 0 amide bonds. The van der Waals surface area contributed by atoms with Gasteiger partial charge in [0.1, 0.15) is 0 Å². The Morgan fingerprint density at radius 1 is 0.952 bits per heavy atom. The van der Waals surface area contributed by atoms with E-state index >= 15 is 0 Å². The summed E-state index contributed by atoms with van der Waals surface area (Å²) in [5.74, 6) is 0. The van der Waals surface area contributed by atoms with Crippen molar-refractivity contribution in [3.05, 3.63) is 59.1 Å². The van der Waals surface area contributed by atoms with Gasteiger partial charge >= 0.3 is 0 Å². The summed E-state index contributed by atoms with van der Waals surface area (Å²) < 4.78 is 0. The molecule has 1 fully saturated rings. The molecule has 1 aliphatic heterocycles. The first-order chi connectivity index (χ1) is 10.2. The summed E-state index contributed by atoms with van der Waals surface area (Å²) >= 11 is 5.94. The number of rotatable bonds is 3. The van der Waals surface area contributed by atoms with E-state index in [2.05, 4.69) is 36.2 Å². The van der Waals surface area contributed by atoms with Crippen molar-refractivity contribution in [1.29, 1.82) is 0 Å². The van der Waals surface area contributed by atoms with E-state index in [1.807, 2.05) is 24.3 Å². The summed E-state index contributed by atoms with van der Waals surface area (Å²) in [7, 11) is 2.07. The molecule has 0 aliphatic carbocycles. The van der Waals surface area contributed by atoms with Gasteiger partial charge in [0, 0.05) is 36.0 Å². The maximum absolute atomic E-state index is 5.94. The molecule has 2 nitrogen and oxygen atoms in total. The molecule has 1 saturated heterocycles. The highest BCUT2D eigenvalue weighted by Crippen LogP contribution is 2.29. The maximum Gasteiger partial charge on any atom is 0.0495 e. The van der Waals surface area contributed by atoms with Gasteiger partial charge in [0.05, 0.1) is 0 Å². The molecule has 1 heterocycles. The van der Waals surface area contributed by atoms with Gasteiger partial charge in [0.15, 0.2) is 0 Å². The summed E-state index contributed by atoms with van der Waals surface area (Å²) in [5, 5.41) is 5.48. The normalized spacial score (nSPS) is 18.5. The number of anilines is 2. The Kier molecular flexibility index (Phi) is 4.47. The molecule has 3 rings (SSSR count).